The number of aromatic nitrogens is 2. The van der Waals surface area contributed by atoms with Gasteiger partial charge in [0, 0.05) is 36.2 Å². The number of nitro benzene ring substituents is 1. The number of aryl methyl sites for hydroxylation is 1. The third-order valence-corrected chi connectivity index (χ3v) is 7.60. The highest BCUT2D eigenvalue weighted by atomic mass is 32.1. The lowest BCUT2D eigenvalue weighted by Crippen LogP contribution is -2.32. The largest absolute Gasteiger partial charge is 0.496 e. The maximum Gasteiger partial charge on any atom is 0.296 e. The van der Waals surface area contributed by atoms with E-state index in [1.54, 1.807) is 18.3 Å². The van der Waals surface area contributed by atoms with Gasteiger partial charge < -0.3 is 24.8 Å². The van der Waals surface area contributed by atoms with Gasteiger partial charge in [-0.25, -0.2) is 0 Å². The van der Waals surface area contributed by atoms with Gasteiger partial charge in [-0.1, -0.05) is 24.3 Å². The standard InChI is InChI=1S/C30H30N6O4S/c1-19-17-23(20(2)35(19)25-13-12-22(40-3)18-26(25)36(38)39)29-28(24-11-7-8-15-31-24)33-30(41)34(29)16-14-27(37)32-21-9-5-4-6-10-21/h4-13,15,17-18,28-29H,14,16H2,1-3H3,(H,32,37)(H,33,41)/t28-,29-/m1/s1. The summed E-state index contributed by atoms with van der Waals surface area (Å²) in [6.07, 6.45) is 1.95. The molecule has 1 aliphatic rings. The van der Waals surface area contributed by atoms with Crippen molar-refractivity contribution in [2.24, 2.45) is 0 Å². The van der Waals surface area contributed by atoms with Gasteiger partial charge in [-0.15, -0.1) is 0 Å². The number of hydrogen-bond donors (Lipinski definition) is 2. The van der Waals surface area contributed by atoms with Gasteiger partial charge in [-0.05, 0) is 74.1 Å². The van der Waals surface area contributed by atoms with Crippen LogP contribution < -0.4 is 15.4 Å². The molecule has 11 heteroatoms. The highest BCUT2D eigenvalue weighted by Gasteiger charge is 2.41. The molecule has 0 saturated carbocycles. The molecule has 10 nitrogen and oxygen atoms in total. The molecule has 1 saturated heterocycles. The summed E-state index contributed by atoms with van der Waals surface area (Å²) in [5.41, 5.74) is 4.49. The number of amides is 1. The van der Waals surface area contributed by atoms with Crippen molar-refractivity contribution < 1.29 is 14.5 Å². The van der Waals surface area contributed by atoms with E-state index in [1.807, 2.05) is 77.9 Å². The molecule has 3 heterocycles. The third-order valence-electron chi connectivity index (χ3n) is 7.24. The molecule has 0 unspecified atom stereocenters. The molecular formula is C30H30N6O4S. The van der Waals surface area contributed by atoms with Gasteiger partial charge >= 0.3 is 0 Å². The van der Waals surface area contributed by atoms with Crippen molar-refractivity contribution in [2.45, 2.75) is 32.4 Å². The van der Waals surface area contributed by atoms with Gasteiger partial charge in [0.25, 0.3) is 5.69 Å². The van der Waals surface area contributed by atoms with Crippen molar-refractivity contribution in [3.8, 4) is 11.4 Å². The zero-order chi connectivity index (χ0) is 29.1. The summed E-state index contributed by atoms with van der Waals surface area (Å²) in [6, 6.07) is 21.3. The number of nitrogens with zero attached hydrogens (tertiary/aromatic N) is 4. The first kappa shape index (κ1) is 27.8. The number of methoxy groups -OCH3 is 1. The van der Waals surface area contributed by atoms with Gasteiger partial charge in [0.15, 0.2) is 5.11 Å². The Balaban J connectivity index is 1.53. The van der Waals surface area contributed by atoms with E-state index in [-0.39, 0.29) is 30.1 Å². The molecule has 0 spiro atoms. The number of anilines is 1. The van der Waals surface area contributed by atoms with Crippen molar-refractivity contribution in [3.05, 3.63) is 112 Å². The highest BCUT2D eigenvalue weighted by molar-refractivity contribution is 7.80. The van der Waals surface area contributed by atoms with Crippen LogP contribution in [0.4, 0.5) is 11.4 Å². The van der Waals surface area contributed by atoms with E-state index >= 15 is 0 Å². The second kappa shape index (κ2) is 11.8. The molecule has 0 radical (unpaired) electrons. The van der Waals surface area contributed by atoms with Crippen LogP contribution >= 0.6 is 12.2 Å². The molecule has 210 valence electrons. The van der Waals surface area contributed by atoms with Gasteiger partial charge in [0.1, 0.15) is 11.4 Å². The number of para-hydroxylation sites is 1. The molecule has 1 amide bonds. The molecule has 1 aliphatic heterocycles. The zero-order valence-electron chi connectivity index (χ0n) is 22.9. The first-order valence-corrected chi connectivity index (χ1v) is 13.5. The van der Waals surface area contributed by atoms with E-state index in [4.69, 9.17) is 17.0 Å². The molecular weight excluding hydrogens is 540 g/mol. The second-order valence-corrected chi connectivity index (χ2v) is 10.1. The fourth-order valence-electron chi connectivity index (χ4n) is 5.38. The number of rotatable bonds is 9. The Morgan fingerprint density at radius 1 is 1.12 bits per heavy atom. The number of nitro groups is 1. The van der Waals surface area contributed by atoms with Crippen molar-refractivity contribution in [1.82, 2.24) is 19.8 Å². The predicted octanol–water partition coefficient (Wildman–Crippen LogP) is 5.41. The van der Waals surface area contributed by atoms with E-state index in [2.05, 4.69) is 15.6 Å². The summed E-state index contributed by atoms with van der Waals surface area (Å²) >= 11 is 5.78. The van der Waals surface area contributed by atoms with Crippen molar-refractivity contribution in [2.75, 3.05) is 19.0 Å². The quantitative estimate of drug-likeness (QED) is 0.156. The molecule has 41 heavy (non-hydrogen) atoms. The normalized spacial score (nSPS) is 16.4. The summed E-state index contributed by atoms with van der Waals surface area (Å²) in [5.74, 6) is 0.280. The van der Waals surface area contributed by atoms with Crippen LogP contribution in [0.1, 0.15) is 41.1 Å². The minimum Gasteiger partial charge on any atom is -0.496 e. The molecule has 0 bridgehead atoms. The number of thiocarbonyl (C=S) groups is 1. The lowest BCUT2D eigenvalue weighted by Gasteiger charge is -2.28. The number of ether oxygens (including phenoxy) is 1. The summed E-state index contributed by atoms with van der Waals surface area (Å²) in [7, 11) is 1.48. The maximum atomic E-state index is 12.8. The molecule has 1 fully saturated rings. The average molecular weight is 571 g/mol. The first-order valence-electron chi connectivity index (χ1n) is 13.1. The number of carbonyl (C=O) groups excluding carboxylic acids is 1. The second-order valence-electron chi connectivity index (χ2n) is 9.76. The van der Waals surface area contributed by atoms with Crippen LogP contribution in [0.2, 0.25) is 0 Å². The SMILES string of the molecule is COc1ccc(-n2c(C)cc([C@@H]3[C@@H](c4ccccn4)NC(=S)N3CCC(=O)Nc3ccccc3)c2C)c([N+](=O)[O-])c1. The summed E-state index contributed by atoms with van der Waals surface area (Å²) in [6.45, 7) is 4.22. The molecule has 2 aromatic heterocycles. The topological polar surface area (TPSA) is 115 Å². The minimum atomic E-state index is -0.406. The van der Waals surface area contributed by atoms with Gasteiger partial charge in [-0.3, -0.25) is 19.9 Å². The van der Waals surface area contributed by atoms with Crippen molar-refractivity contribution >= 4 is 34.6 Å². The molecule has 2 aromatic carbocycles. The Morgan fingerprint density at radius 3 is 2.56 bits per heavy atom. The van der Waals surface area contributed by atoms with Crippen LogP contribution in [0.5, 0.6) is 5.75 Å². The molecule has 0 aliphatic carbocycles. The smallest absolute Gasteiger partial charge is 0.296 e. The Kier molecular flexibility index (Phi) is 7.97. The predicted molar refractivity (Wildman–Crippen MR) is 160 cm³/mol. The number of benzene rings is 2. The van der Waals surface area contributed by atoms with Crippen LogP contribution in [0.25, 0.3) is 5.69 Å². The maximum absolute atomic E-state index is 12.8. The lowest BCUT2D eigenvalue weighted by atomic mass is 9.96. The average Bonchev–Trinajstić information content (AvgIpc) is 3.46. The van der Waals surface area contributed by atoms with Gasteiger partial charge in [0.05, 0.1) is 35.9 Å². The van der Waals surface area contributed by atoms with Crippen molar-refractivity contribution in [1.29, 1.82) is 0 Å². The van der Waals surface area contributed by atoms with Crippen molar-refractivity contribution in [3.63, 3.8) is 0 Å². The number of carbonyl (C=O) groups is 1. The van der Waals surface area contributed by atoms with E-state index in [0.717, 1.165) is 28.3 Å². The fourth-order valence-corrected chi connectivity index (χ4v) is 5.71. The lowest BCUT2D eigenvalue weighted by molar-refractivity contribution is -0.384. The van der Waals surface area contributed by atoms with Crippen LogP contribution in [0, 0.1) is 24.0 Å². The van der Waals surface area contributed by atoms with E-state index in [9.17, 15) is 14.9 Å². The molecule has 5 rings (SSSR count). The summed E-state index contributed by atoms with van der Waals surface area (Å²) < 4.78 is 7.11. The van der Waals surface area contributed by atoms with Gasteiger partial charge in [0.2, 0.25) is 5.91 Å². The van der Waals surface area contributed by atoms with E-state index in [0.29, 0.717) is 23.1 Å². The van der Waals surface area contributed by atoms with Crippen LogP contribution in [-0.4, -0.2) is 44.0 Å². The Hall–Kier alpha value is -4.77. The Bertz CT molecular complexity index is 1590. The highest BCUT2D eigenvalue weighted by Crippen LogP contribution is 2.42. The summed E-state index contributed by atoms with van der Waals surface area (Å²) in [5, 5.41) is 18.9. The Labute approximate surface area is 243 Å². The van der Waals surface area contributed by atoms with Gasteiger partial charge in [-0.2, -0.15) is 0 Å². The first-order chi connectivity index (χ1) is 19.8. The van der Waals surface area contributed by atoms with E-state index in [1.165, 1.54) is 13.2 Å². The number of hydrogen-bond acceptors (Lipinski definition) is 6. The fraction of sp³-hybridized carbons (Fsp3) is 0.233. The molecule has 2 N–H and O–H groups in total. The number of nitrogens with one attached hydrogen (secondary N) is 2. The molecule has 2 atom stereocenters. The Morgan fingerprint density at radius 2 is 1.88 bits per heavy atom. The number of pyridine rings is 1. The minimum absolute atomic E-state index is 0.0616. The molecule has 4 aromatic rings. The van der Waals surface area contributed by atoms with E-state index < -0.39 is 4.92 Å². The third kappa shape index (κ3) is 5.62. The monoisotopic (exact) mass is 570 g/mol. The summed E-state index contributed by atoms with van der Waals surface area (Å²) in [4.78, 5) is 31.1. The van der Waals surface area contributed by atoms with Crippen LogP contribution in [0.15, 0.2) is 79.0 Å². The van der Waals surface area contributed by atoms with Crippen LogP contribution in [0.3, 0.4) is 0 Å². The van der Waals surface area contributed by atoms with Crippen LogP contribution in [-0.2, 0) is 4.79 Å². The zero-order valence-corrected chi connectivity index (χ0v) is 23.7.